The first kappa shape index (κ1) is 10.4. The van der Waals surface area contributed by atoms with Gasteiger partial charge in [0.05, 0.1) is 6.10 Å². The topological polar surface area (TPSA) is 38.0 Å². The lowest BCUT2D eigenvalue weighted by molar-refractivity contribution is 0.170. The highest BCUT2D eigenvalue weighted by molar-refractivity contribution is 7.10. The molecule has 2 aromatic rings. The van der Waals surface area contributed by atoms with Crippen molar-refractivity contribution in [2.45, 2.75) is 18.9 Å². The standard InChI is InChI=1S/C11H14N2OS/c1-13-7-6-12-11(13)5-4-9(14)10-3-2-8-15-10/h2-3,6-9,14H,4-5H2,1H3. The molecule has 1 atom stereocenters. The summed E-state index contributed by atoms with van der Waals surface area (Å²) in [6.45, 7) is 0. The smallest absolute Gasteiger partial charge is 0.108 e. The van der Waals surface area contributed by atoms with Crippen LogP contribution in [0.15, 0.2) is 29.9 Å². The third-order valence-corrected chi connectivity index (χ3v) is 3.41. The molecular formula is C11H14N2OS. The Labute approximate surface area is 93.0 Å². The molecule has 0 fully saturated rings. The molecule has 0 saturated carbocycles. The molecule has 0 saturated heterocycles. The van der Waals surface area contributed by atoms with Gasteiger partial charge in [-0.25, -0.2) is 4.98 Å². The van der Waals surface area contributed by atoms with E-state index in [0.29, 0.717) is 0 Å². The van der Waals surface area contributed by atoms with E-state index >= 15 is 0 Å². The van der Waals surface area contributed by atoms with E-state index in [9.17, 15) is 5.11 Å². The van der Waals surface area contributed by atoms with Crippen molar-refractivity contribution in [3.63, 3.8) is 0 Å². The zero-order valence-corrected chi connectivity index (χ0v) is 9.44. The summed E-state index contributed by atoms with van der Waals surface area (Å²) in [5.74, 6) is 1.02. The van der Waals surface area contributed by atoms with Crippen molar-refractivity contribution in [3.8, 4) is 0 Å². The molecule has 0 aromatic carbocycles. The summed E-state index contributed by atoms with van der Waals surface area (Å²) in [7, 11) is 1.97. The van der Waals surface area contributed by atoms with Crippen molar-refractivity contribution in [3.05, 3.63) is 40.6 Å². The minimum absolute atomic E-state index is 0.360. The maximum absolute atomic E-state index is 9.87. The molecule has 2 rings (SSSR count). The van der Waals surface area contributed by atoms with Crippen LogP contribution in [0.3, 0.4) is 0 Å². The quantitative estimate of drug-likeness (QED) is 0.860. The minimum Gasteiger partial charge on any atom is -0.388 e. The predicted molar refractivity (Wildman–Crippen MR) is 60.8 cm³/mol. The fourth-order valence-corrected chi connectivity index (χ4v) is 2.27. The average Bonchev–Trinajstić information content (AvgIpc) is 2.85. The summed E-state index contributed by atoms with van der Waals surface area (Å²) >= 11 is 1.60. The summed E-state index contributed by atoms with van der Waals surface area (Å²) in [4.78, 5) is 5.26. The van der Waals surface area contributed by atoms with Crippen LogP contribution in [-0.4, -0.2) is 14.7 Å². The zero-order chi connectivity index (χ0) is 10.7. The average molecular weight is 222 g/mol. The first-order chi connectivity index (χ1) is 7.27. The first-order valence-electron chi connectivity index (χ1n) is 4.95. The Hall–Kier alpha value is -1.13. The van der Waals surface area contributed by atoms with Crippen LogP contribution in [0.1, 0.15) is 23.2 Å². The number of imidazole rings is 1. The van der Waals surface area contributed by atoms with Crippen LogP contribution in [0, 0.1) is 0 Å². The van der Waals surface area contributed by atoms with E-state index in [1.165, 1.54) is 0 Å². The highest BCUT2D eigenvalue weighted by Crippen LogP contribution is 2.22. The molecule has 15 heavy (non-hydrogen) atoms. The molecule has 1 unspecified atom stereocenters. The summed E-state index contributed by atoms with van der Waals surface area (Å²) in [6, 6.07) is 3.93. The molecule has 0 aliphatic heterocycles. The van der Waals surface area contributed by atoms with Crippen molar-refractivity contribution in [2.75, 3.05) is 0 Å². The lowest BCUT2D eigenvalue weighted by Gasteiger charge is -2.07. The van der Waals surface area contributed by atoms with Gasteiger partial charge in [0.15, 0.2) is 0 Å². The maximum Gasteiger partial charge on any atom is 0.108 e. The Kier molecular flexibility index (Phi) is 3.18. The van der Waals surface area contributed by atoms with Gasteiger partial charge in [0.2, 0.25) is 0 Å². The number of aryl methyl sites for hydroxylation is 2. The molecule has 3 nitrogen and oxygen atoms in total. The zero-order valence-electron chi connectivity index (χ0n) is 8.63. The van der Waals surface area contributed by atoms with E-state index in [1.807, 2.05) is 35.3 Å². The van der Waals surface area contributed by atoms with E-state index in [2.05, 4.69) is 4.98 Å². The van der Waals surface area contributed by atoms with E-state index < -0.39 is 0 Å². The third kappa shape index (κ3) is 2.46. The molecule has 0 spiro atoms. The van der Waals surface area contributed by atoms with Crippen LogP contribution < -0.4 is 0 Å². The van der Waals surface area contributed by atoms with Gasteiger partial charge in [-0.05, 0) is 17.9 Å². The highest BCUT2D eigenvalue weighted by atomic mass is 32.1. The molecular weight excluding hydrogens is 208 g/mol. The normalized spacial score (nSPS) is 12.9. The summed E-state index contributed by atoms with van der Waals surface area (Å²) in [5.41, 5.74) is 0. The Bertz CT molecular complexity index is 408. The van der Waals surface area contributed by atoms with Crippen molar-refractivity contribution in [1.82, 2.24) is 9.55 Å². The molecule has 0 radical (unpaired) electrons. The van der Waals surface area contributed by atoms with E-state index in [4.69, 9.17) is 0 Å². The SMILES string of the molecule is Cn1ccnc1CCC(O)c1cccs1. The lowest BCUT2D eigenvalue weighted by atomic mass is 10.1. The Morgan fingerprint density at radius 1 is 1.60 bits per heavy atom. The predicted octanol–water partition coefficient (Wildman–Crippen LogP) is 2.15. The van der Waals surface area contributed by atoms with Gasteiger partial charge in [0, 0.05) is 30.7 Å². The second-order valence-corrected chi connectivity index (χ2v) is 4.50. The molecule has 2 heterocycles. The number of aromatic nitrogens is 2. The number of hydrogen-bond donors (Lipinski definition) is 1. The Morgan fingerprint density at radius 3 is 3.07 bits per heavy atom. The van der Waals surface area contributed by atoms with Crippen molar-refractivity contribution in [1.29, 1.82) is 0 Å². The molecule has 0 aliphatic rings. The number of hydrogen-bond acceptors (Lipinski definition) is 3. The number of aliphatic hydroxyl groups is 1. The van der Waals surface area contributed by atoms with Gasteiger partial charge in [-0.15, -0.1) is 11.3 Å². The van der Waals surface area contributed by atoms with Gasteiger partial charge in [0.25, 0.3) is 0 Å². The number of rotatable bonds is 4. The minimum atomic E-state index is -0.360. The maximum atomic E-state index is 9.87. The third-order valence-electron chi connectivity index (χ3n) is 2.43. The fourth-order valence-electron chi connectivity index (χ4n) is 1.53. The molecule has 0 bridgehead atoms. The van der Waals surface area contributed by atoms with Gasteiger partial charge in [-0.1, -0.05) is 6.07 Å². The van der Waals surface area contributed by atoms with Crippen LogP contribution in [0.2, 0.25) is 0 Å². The highest BCUT2D eigenvalue weighted by Gasteiger charge is 2.09. The van der Waals surface area contributed by atoms with E-state index in [1.54, 1.807) is 17.5 Å². The number of nitrogens with zero attached hydrogens (tertiary/aromatic N) is 2. The van der Waals surface area contributed by atoms with Crippen LogP contribution in [0.25, 0.3) is 0 Å². The van der Waals surface area contributed by atoms with Crippen molar-refractivity contribution >= 4 is 11.3 Å². The van der Waals surface area contributed by atoms with Crippen LogP contribution in [0.4, 0.5) is 0 Å². The molecule has 0 amide bonds. The van der Waals surface area contributed by atoms with Gasteiger partial charge >= 0.3 is 0 Å². The van der Waals surface area contributed by atoms with Crippen LogP contribution in [-0.2, 0) is 13.5 Å². The van der Waals surface area contributed by atoms with Gasteiger partial charge in [0.1, 0.15) is 5.82 Å². The second kappa shape index (κ2) is 4.59. The largest absolute Gasteiger partial charge is 0.388 e. The van der Waals surface area contributed by atoms with Crippen LogP contribution >= 0.6 is 11.3 Å². The fraction of sp³-hybridized carbons (Fsp3) is 0.364. The molecule has 1 N–H and O–H groups in total. The number of aliphatic hydroxyl groups excluding tert-OH is 1. The number of thiophene rings is 1. The Morgan fingerprint density at radius 2 is 2.47 bits per heavy atom. The molecule has 2 aromatic heterocycles. The first-order valence-corrected chi connectivity index (χ1v) is 5.83. The molecule has 80 valence electrons. The second-order valence-electron chi connectivity index (χ2n) is 3.52. The van der Waals surface area contributed by atoms with Gasteiger partial charge < -0.3 is 9.67 Å². The van der Waals surface area contributed by atoms with Crippen molar-refractivity contribution in [2.24, 2.45) is 7.05 Å². The Balaban J connectivity index is 1.91. The van der Waals surface area contributed by atoms with Gasteiger partial charge in [-0.2, -0.15) is 0 Å². The van der Waals surface area contributed by atoms with Gasteiger partial charge in [-0.3, -0.25) is 0 Å². The lowest BCUT2D eigenvalue weighted by Crippen LogP contribution is -2.02. The summed E-state index contributed by atoms with van der Waals surface area (Å²) < 4.78 is 1.99. The molecule has 4 heteroatoms. The van der Waals surface area contributed by atoms with E-state index in [0.717, 1.165) is 23.5 Å². The van der Waals surface area contributed by atoms with Crippen LogP contribution in [0.5, 0.6) is 0 Å². The monoisotopic (exact) mass is 222 g/mol. The van der Waals surface area contributed by atoms with E-state index in [-0.39, 0.29) is 6.10 Å². The molecule has 0 aliphatic carbocycles. The van der Waals surface area contributed by atoms with Crippen molar-refractivity contribution < 1.29 is 5.11 Å². The summed E-state index contributed by atoms with van der Waals surface area (Å²) in [6.07, 6.45) is 4.88. The summed E-state index contributed by atoms with van der Waals surface area (Å²) in [5, 5.41) is 11.9.